The average molecular weight is 490 g/mol. The zero-order chi connectivity index (χ0) is 25.5. The first-order valence-corrected chi connectivity index (χ1v) is 13.1. The molecule has 4 heteroatoms. The number of carbonyl (C=O) groups is 1. The standard InChI is InChI=1S/C33H35N3O/c1-34(32(27-14-6-2-7-15-27)28-16-8-3-9-17-28)26-31(37)35-22-24-36(25-23-35)33(29-18-10-4-11-19-29)30-20-12-5-13-21-30/h2-21,32-33H,22-26H2,1H3. The third kappa shape index (κ3) is 5.99. The van der Waals surface area contributed by atoms with Crippen LogP contribution in [0.25, 0.3) is 0 Å². The summed E-state index contributed by atoms with van der Waals surface area (Å²) in [6.45, 7) is 3.57. The molecule has 4 aromatic carbocycles. The first-order valence-electron chi connectivity index (χ1n) is 13.1. The Kier molecular flexibility index (Phi) is 8.09. The van der Waals surface area contributed by atoms with Crippen molar-refractivity contribution < 1.29 is 4.79 Å². The molecular formula is C33H35N3O. The Labute approximate surface area is 220 Å². The Morgan fingerprint density at radius 2 is 1.00 bits per heavy atom. The molecular weight excluding hydrogens is 454 g/mol. The van der Waals surface area contributed by atoms with Crippen molar-refractivity contribution in [1.29, 1.82) is 0 Å². The van der Waals surface area contributed by atoms with Crippen LogP contribution in [0.15, 0.2) is 121 Å². The largest absolute Gasteiger partial charge is 0.339 e. The third-order valence-electron chi connectivity index (χ3n) is 7.32. The van der Waals surface area contributed by atoms with E-state index in [9.17, 15) is 4.79 Å². The molecule has 1 aliphatic rings. The molecule has 1 amide bonds. The van der Waals surface area contributed by atoms with Crippen LogP contribution in [0.2, 0.25) is 0 Å². The van der Waals surface area contributed by atoms with Crippen LogP contribution >= 0.6 is 0 Å². The zero-order valence-corrected chi connectivity index (χ0v) is 21.5. The molecule has 0 bridgehead atoms. The number of nitrogens with zero attached hydrogens (tertiary/aromatic N) is 3. The van der Waals surface area contributed by atoms with Crippen molar-refractivity contribution in [2.24, 2.45) is 0 Å². The molecule has 1 saturated heterocycles. The van der Waals surface area contributed by atoms with Gasteiger partial charge >= 0.3 is 0 Å². The van der Waals surface area contributed by atoms with Gasteiger partial charge in [-0.25, -0.2) is 0 Å². The summed E-state index contributed by atoms with van der Waals surface area (Å²) in [4.78, 5) is 20.2. The molecule has 4 aromatic rings. The molecule has 0 saturated carbocycles. The van der Waals surface area contributed by atoms with Gasteiger partial charge in [0.15, 0.2) is 0 Å². The second-order valence-corrected chi connectivity index (χ2v) is 9.78. The third-order valence-corrected chi connectivity index (χ3v) is 7.32. The van der Waals surface area contributed by atoms with E-state index < -0.39 is 0 Å². The molecule has 0 aromatic heterocycles. The molecule has 0 aliphatic carbocycles. The van der Waals surface area contributed by atoms with Crippen LogP contribution in [-0.4, -0.2) is 60.4 Å². The van der Waals surface area contributed by atoms with Gasteiger partial charge < -0.3 is 4.90 Å². The fraction of sp³-hybridized carbons (Fsp3) is 0.242. The van der Waals surface area contributed by atoms with E-state index in [2.05, 4.69) is 126 Å². The Morgan fingerprint density at radius 1 is 0.622 bits per heavy atom. The molecule has 0 N–H and O–H groups in total. The van der Waals surface area contributed by atoms with Gasteiger partial charge in [0, 0.05) is 26.2 Å². The Balaban J connectivity index is 1.27. The number of piperazine rings is 1. The maximum absolute atomic E-state index is 13.5. The van der Waals surface area contributed by atoms with Crippen molar-refractivity contribution in [2.75, 3.05) is 39.8 Å². The van der Waals surface area contributed by atoms with Crippen LogP contribution in [0.1, 0.15) is 34.3 Å². The van der Waals surface area contributed by atoms with Crippen molar-refractivity contribution in [2.45, 2.75) is 12.1 Å². The van der Waals surface area contributed by atoms with Crippen LogP contribution in [-0.2, 0) is 4.79 Å². The number of carbonyl (C=O) groups excluding carboxylic acids is 1. The van der Waals surface area contributed by atoms with E-state index in [1.54, 1.807) is 0 Å². The molecule has 1 heterocycles. The molecule has 0 spiro atoms. The highest BCUT2D eigenvalue weighted by Crippen LogP contribution is 2.30. The van der Waals surface area contributed by atoms with Gasteiger partial charge in [-0.15, -0.1) is 0 Å². The van der Waals surface area contributed by atoms with E-state index in [1.165, 1.54) is 22.3 Å². The van der Waals surface area contributed by atoms with Crippen LogP contribution < -0.4 is 0 Å². The summed E-state index contributed by atoms with van der Waals surface area (Å²) in [5.74, 6) is 0.190. The highest BCUT2D eigenvalue weighted by molar-refractivity contribution is 5.78. The van der Waals surface area contributed by atoms with Crippen molar-refractivity contribution >= 4 is 5.91 Å². The van der Waals surface area contributed by atoms with Gasteiger partial charge in [-0.3, -0.25) is 14.6 Å². The van der Waals surface area contributed by atoms with E-state index in [0.29, 0.717) is 6.54 Å². The average Bonchev–Trinajstić information content (AvgIpc) is 2.96. The van der Waals surface area contributed by atoms with Crippen LogP contribution in [0, 0.1) is 0 Å². The molecule has 0 radical (unpaired) electrons. The Hall–Kier alpha value is -3.73. The number of hydrogen-bond donors (Lipinski definition) is 0. The molecule has 0 atom stereocenters. The summed E-state index contributed by atoms with van der Waals surface area (Å²) in [5, 5.41) is 0. The molecule has 37 heavy (non-hydrogen) atoms. The van der Waals surface area contributed by atoms with Crippen molar-refractivity contribution in [3.05, 3.63) is 144 Å². The molecule has 4 nitrogen and oxygen atoms in total. The highest BCUT2D eigenvalue weighted by atomic mass is 16.2. The fourth-order valence-electron chi connectivity index (χ4n) is 5.49. The smallest absolute Gasteiger partial charge is 0.236 e. The second kappa shape index (κ2) is 12.0. The molecule has 5 rings (SSSR count). The highest BCUT2D eigenvalue weighted by Gasteiger charge is 2.29. The predicted molar refractivity (Wildman–Crippen MR) is 150 cm³/mol. The van der Waals surface area contributed by atoms with Gasteiger partial charge in [0.2, 0.25) is 5.91 Å². The van der Waals surface area contributed by atoms with Crippen molar-refractivity contribution in [3.63, 3.8) is 0 Å². The molecule has 1 fully saturated rings. The van der Waals surface area contributed by atoms with E-state index in [0.717, 1.165) is 26.2 Å². The lowest BCUT2D eigenvalue weighted by Gasteiger charge is -2.40. The van der Waals surface area contributed by atoms with Crippen LogP contribution in [0.5, 0.6) is 0 Å². The van der Waals surface area contributed by atoms with Gasteiger partial charge in [0.25, 0.3) is 0 Å². The molecule has 188 valence electrons. The van der Waals surface area contributed by atoms with Gasteiger partial charge in [-0.05, 0) is 29.3 Å². The zero-order valence-electron chi connectivity index (χ0n) is 21.5. The van der Waals surface area contributed by atoms with E-state index in [-0.39, 0.29) is 18.0 Å². The maximum Gasteiger partial charge on any atom is 0.236 e. The fourth-order valence-corrected chi connectivity index (χ4v) is 5.49. The van der Waals surface area contributed by atoms with Gasteiger partial charge in [0.1, 0.15) is 0 Å². The predicted octanol–water partition coefficient (Wildman–Crippen LogP) is 5.64. The number of rotatable bonds is 8. The number of hydrogen-bond acceptors (Lipinski definition) is 3. The summed E-state index contributed by atoms with van der Waals surface area (Å²) >= 11 is 0. The van der Waals surface area contributed by atoms with E-state index in [4.69, 9.17) is 0 Å². The first kappa shape index (κ1) is 24.9. The Bertz CT molecular complexity index is 1160. The summed E-state index contributed by atoms with van der Waals surface area (Å²) in [5.41, 5.74) is 4.98. The monoisotopic (exact) mass is 489 g/mol. The number of amides is 1. The SMILES string of the molecule is CN(CC(=O)N1CCN(C(c2ccccc2)c2ccccc2)CC1)C(c1ccccc1)c1ccccc1. The molecule has 1 aliphatic heterocycles. The van der Waals surface area contributed by atoms with Gasteiger partial charge in [0.05, 0.1) is 18.6 Å². The summed E-state index contributed by atoms with van der Waals surface area (Å²) < 4.78 is 0. The Morgan fingerprint density at radius 3 is 1.41 bits per heavy atom. The topological polar surface area (TPSA) is 26.8 Å². The number of benzene rings is 4. The van der Waals surface area contributed by atoms with E-state index >= 15 is 0 Å². The quantitative estimate of drug-likeness (QED) is 0.320. The molecule has 0 unspecified atom stereocenters. The minimum absolute atomic E-state index is 0.0354. The van der Waals surface area contributed by atoms with Gasteiger partial charge in [-0.2, -0.15) is 0 Å². The summed E-state index contributed by atoms with van der Waals surface area (Å²) in [6.07, 6.45) is 0. The van der Waals surface area contributed by atoms with E-state index in [1.807, 2.05) is 17.0 Å². The normalized spacial score (nSPS) is 14.4. The second-order valence-electron chi connectivity index (χ2n) is 9.78. The van der Waals surface area contributed by atoms with Crippen LogP contribution in [0.3, 0.4) is 0 Å². The number of likely N-dealkylation sites (N-methyl/N-ethyl adjacent to an activating group) is 1. The minimum atomic E-state index is 0.0354. The first-order chi connectivity index (χ1) is 18.2. The van der Waals surface area contributed by atoms with Crippen molar-refractivity contribution in [1.82, 2.24) is 14.7 Å². The lowest BCUT2D eigenvalue weighted by atomic mass is 9.96. The maximum atomic E-state index is 13.5. The minimum Gasteiger partial charge on any atom is -0.339 e. The summed E-state index contributed by atoms with van der Waals surface area (Å²) in [6, 6.07) is 42.5. The lowest BCUT2D eigenvalue weighted by molar-refractivity contribution is -0.134. The van der Waals surface area contributed by atoms with Crippen LogP contribution in [0.4, 0.5) is 0 Å². The van der Waals surface area contributed by atoms with Gasteiger partial charge in [-0.1, -0.05) is 121 Å². The summed E-state index contributed by atoms with van der Waals surface area (Å²) in [7, 11) is 2.06. The van der Waals surface area contributed by atoms with Crippen molar-refractivity contribution in [3.8, 4) is 0 Å². The lowest BCUT2D eigenvalue weighted by Crippen LogP contribution is -2.52.